The summed E-state index contributed by atoms with van der Waals surface area (Å²) in [6.07, 6.45) is 0. The molecule has 8 heteroatoms. The molecule has 126 valence electrons. The second-order valence-electron chi connectivity index (χ2n) is 5.45. The summed E-state index contributed by atoms with van der Waals surface area (Å²) in [7, 11) is -4.09. The monoisotopic (exact) mass is 342 g/mol. The highest BCUT2D eigenvalue weighted by Gasteiger charge is 2.35. The van der Waals surface area contributed by atoms with E-state index in [0.717, 1.165) is 12.1 Å². The van der Waals surface area contributed by atoms with Gasteiger partial charge >= 0.3 is 0 Å². The minimum Gasteiger partial charge on any atom is -0.339 e. The van der Waals surface area contributed by atoms with Crippen LogP contribution in [0.25, 0.3) is 0 Å². The zero-order valence-corrected chi connectivity index (χ0v) is 13.8. The predicted octanol–water partition coefficient (Wildman–Crippen LogP) is 0.679. The van der Waals surface area contributed by atoms with Crippen LogP contribution in [0.5, 0.6) is 0 Å². The highest BCUT2D eigenvalue weighted by atomic mass is 32.2. The van der Waals surface area contributed by atoms with Gasteiger partial charge in [0, 0.05) is 33.1 Å². The maximum atomic E-state index is 13.7. The molecular weight excluding hydrogens is 323 g/mol. The van der Waals surface area contributed by atoms with Crippen LogP contribution in [-0.2, 0) is 19.4 Å². The number of carbonyl (C=O) groups is 2. The molecule has 1 atom stereocenters. The van der Waals surface area contributed by atoms with E-state index in [2.05, 4.69) is 0 Å². The van der Waals surface area contributed by atoms with Gasteiger partial charge in [-0.2, -0.15) is 0 Å². The highest BCUT2D eigenvalue weighted by Crippen LogP contribution is 2.21. The van der Waals surface area contributed by atoms with Gasteiger partial charge in [0.05, 0.1) is 0 Å². The van der Waals surface area contributed by atoms with Crippen molar-refractivity contribution in [3.63, 3.8) is 0 Å². The molecule has 2 amide bonds. The third-order valence-electron chi connectivity index (χ3n) is 3.99. The molecule has 1 unspecified atom stereocenters. The van der Waals surface area contributed by atoms with E-state index in [1.807, 2.05) is 0 Å². The van der Waals surface area contributed by atoms with Crippen LogP contribution in [0.4, 0.5) is 4.39 Å². The molecular formula is C15H19FN2O4S. The Morgan fingerprint density at radius 1 is 1.09 bits per heavy atom. The summed E-state index contributed by atoms with van der Waals surface area (Å²) in [4.78, 5) is 26.2. The number of halogens is 1. The summed E-state index contributed by atoms with van der Waals surface area (Å²) in [5.41, 5.74) is 0. The lowest BCUT2D eigenvalue weighted by Crippen LogP contribution is -2.53. The number of nitrogens with zero attached hydrogens (tertiary/aromatic N) is 2. The predicted molar refractivity (Wildman–Crippen MR) is 81.9 cm³/mol. The molecule has 0 bridgehead atoms. The number of hydrogen-bond donors (Lipinski definition) is 0. The maximum Gasteiger partial charge on any atom is 0.241 e. The van der Waals surface area contributed by atoms with Crippen molar-refractivity contribution >= 4 is 21.7 Å². The Bertz CT molecular complexity index is 712. The zero-order valence-electron chi connectivity index (χ0n) is 13.0. The van der Waals surface area contributed by atoms with Gasteiger partial charge in [-0.1, -0.05) is 12.1 Å². The zero-order chi connectivity index (χ0) is 17.2. The molecule has 1 aliphatic heterocycles. The number of carbonyl (C=O) groups excluding carboxylic acids is 2. The minimum absolute atomic E-state index is 0.0795. The van der Waals surface area contributed by atoms with E-state index in [-0.39, 0.29) is 19.0 Å². The third kappa shape index (κ3) is 3.52. The standard InChI is InChI=1S/C15H19FN2O4S/c1-11(23(21,22)14-6-4-3-5-13(14)16)15(20)18-9-7-17(8-10-18)12(2)19/h3-6,11H,7-10H2,1-2H3. The molecule has 0 saturated carbocycles. The molecule has 1 aromatic carbocycles. The second-order valence-corrected chi connectivity index (χ2v) is 7.69. The first kappa shape index (κ1) is 17.4. The Kier molecular flexibility index (Phi) is 5.03. The fraction of sp³-hybridized carbons (Fsp3) is 0.467. The summed E-state index contributed by atoms with van der Waals surface area (Å²) < 4.78 is 38.7. The second kappa shape index (κ2) is 6.66. The van der Waals surface area contributed by atoms with Gasteiger partial charge in [-0.15, -0.1) is 0 Å². The van der Waals surface area contributed by atoms with E-state index in [4.69, 9.17) is 0 Å². The van der Waals surface area contributed by atoms with Crippen LogP contribution < -0.4 is 0 Å². The molecule has 0 spiro atoms. The summed E-state index contributed by atoms with van der Waals surface area (Å²) in [6, 6.07) is 5.01. The van der Waals surface area contributed by atoms with Gasteiger partial charge in [-0.3, -0.25) is 9.59 Å². The summed E-state index contributed by atoms with van der Waals surface area (Å²) in [6.45, 7) is 4.00. The Hall–Kier alpha value is -1.96. The van der Waals surface area contributed by atoms with Gasteiger partial charge < -0.3 is 9.80 Å². The van der Waals surface area contributed by atoms with Crippen LogP contribution in [0.1, 0.15) is 13.8 Å². The van der Waals surface area contributed by atoms with E-state index in [9.17, 15) is 22.4 Å². The number of amides is 2. The van der Waals surface area contributed by atoms with Crippen molar-refractivity contribution in [1.82, 2.24) is 9.80 Å². The fourth-order valence-electron chi connectivity index (χ4n) is 2.50. The van der Waals surface area contributed by atoms with E-state index in [0.29, 0.717) is 13.1 Å². The number of hydrogen-bond acceptors (Lipinski definition) is 4. The van der Waals surface area contributed by atoms with Crippen LogP contribution in [0.2, 0.25) is 0 Å². The topological polar surface area (TPSA) is 74.8 Å². The van der Waals surface area contributed by atoms with Gasteiger partial charge in [0.2, 0.25) is 11.8 Å². The van der Waals surface area contributed by atoms with Crippen LogP contribution in [0, 0.1) is 5.82 Å². The van der Waals surface area contributed by atoms with Crippen molar-refractivity contribution in [1.29, 1.82) is 0 Å². The number of benzene rings is 1. The van der Waals surface area contributed by atoms with E-state index in [1.165, 1.54) is 30.9 Å². The molecule has 6 nitrogen and oxygen atoms in total. The van der Waals surface area contributed by atoms with Gasteiger partial charge in [0.1, 0.15) is 16.0 Å². The first-order valence-electron chi connectivity index (χ1n) is 7.28. The van der Waals surface area contributed by atoms with E-state index in [1.54, 1.807) is 4.90 Å². The summed E-state index contributed by atoms with van der Waals surface area (Å²) in [5.74, 6) is -1.52. The average Bonchev–Trinajstić information content (AvgIpc) is 2.53. The Morgan fingerprint density at radius 2 is 1.61 bits per heavy atom. The third-order valence-corrected chi connectivity index (χ3v) is 6.07. The molecule has 0 aliphatic carbocycles. The molecule has 1 aromatic rings. The molecule has 0 radical (unpaired) electrons. The smallest absolute Gasteiger partial charge is 0.241 e. The quantitative estimate of drug-likeness (QED) is 0.809. The highest BCUT2D eigenvalue weighted by molar-refractivity contribution is 7.92. The molecule has 1 aliphatic rings. The summed E-state index contributed by atoms with van der Waals surface area (Å²) in [5, 5.41) is -1.37. The van der Waals surface area contributed by atoms with Gasteiger partial charge in [0.15, 0.2) is 9.84 Å². The normalized spacial score (nSPS) is 17.0. The van der Waals surface area contributed by atoms with Gasteiger partial charge in [0.25, 0.3) is 0 Å². The molecule has 1 heterocycles. The van der Waals surface area contributed by atoms with Crippen molar-refractivity contribution < 1.29 is 22.4 Å². The molecule has 2 rings (SSSR count). The molecule has 0 N–H and O–H groups in total. The van der Waals surface area contributed by atoms with E-state index < -0.39 is 31.7 Å². The maximum absolute atomic E-state index is 13.7. The first-order chi connectivity index (χ1) is 10.7. The van der Waals surface area contributed by atoms with Crippen LogP contribution in [0.15, 0.2) is 29.2 Å². The largest absolute Gasteiger partial charge is 0.339 e. The Labute approximate surface area is 134 Å². The molecule has 0 aromatic heterocycles. The number of piperazine rings is 1. The van der Waals surface area contributed by atoms with Gasteiger partial charge in [-0.25, -0.2) is 12.8 Å². The molecule has 1 saturated heterocycles. The van der Waals surface area contributed by atoms with Crippen LogP contribution in [0.3, 0.4) is 0 Å². The molecule has 23 heavy (non-hydrogen) atoms. The lowest BCUT2D eigenvalue weighted by atomic mass is 10.3. The van der Waals surface area contributed by atoms with Crippen molar-refractivity contribution in [2.45, 2.75) is 24.0 Å². The number of rotatable bonds is 3. The van der Waals surface area contributed by atoms with Gasteiger partial charge in [-0.05, 0) is 19.1 Å². The van der Waals surface area contributed by atoms with Crippen molar-refractivity contribution in [2.75, 3.05) is 26.2 Å². The number of sulfone groups is 1. The van der Waals surface area contributed by atoms with Crippen molar-refractivity contribution in [3.05, 3.63) is 30.1 Å². The van der Waals surface area contributed by atoms with E-state index >= 15 is 0 Å². The lowest BCUT2D eigenvalue weighted by molar-refractivity contribution is -0.137. The van der Waals surface area contributed by atoms with Crippen molar-refractivity contribution in [2.24, 2.45) is 0 Å². The molecule has 1 fully saturated rings. The lowest BCUT2D eigenvalue weighted by Gasteiger charge is -2.35. The SMILES string of the molecule is CC(=O)N1CCN(C(=O)C(C)S(=O)(=O)c2ccccc2F)CC1. The van der Waals surface area contributed by atoms with Crippen molar-refractivity contribution in [3.8, 4) is 0 Å². The van der Waals surface area contributed by atoms with Crippen LogP contribution in [-0.4, -0.2) is 61.5 Å². The average molecular weight is 342 g/mol. The Morgan fingerprint density at radius 3 is 2.13 bits per heavy atom. The Balaban J connectivity index is 2.14. The first-order valence-corrected chi connectivity index (χ1v) is 8.82. The summed E-state index contributed by atoms with van der Waals surface area (Å²) >= 11 is 0. The fourth-order valence-corrected chi connectivity index (χ4v) is 3.90. The minimum atomic E-state index is -4.09. The van der Waals surface area contributed by atoms with Crippen LogP contribution >= 0.6 is 0 Å².